The first-order valence-electron chi connectivity index (χ1n) is 9.67. The van der Waals surface area contributed by atoms with Crippen LogP contribution in [0.25, 0.3) is 5.69 Å². The number of hydrogen-bond donors (Lipinski definition) is 0. The van der Waals surface area contributed by atoms with Gasteiger partial charge in [-0.1, -0.05) is 45.7 Å². The van der Waals surface area contributed by atoms with Crippen LogP contribution in [0.15, 0.2) is 69.0 Å². The molecule has 3 aromatic rings. The van der Waals surface area contributed by atoms with E-state index < -0.39 is 21.5 Å². The Labute approximate surface area is 201 Å². The van der Waals surface area contributed by atoms with Crippen LogP contribution in [-0.4, -0.2) is 41.8 Å². The summed E-state index contributed by atoms with van der Waals surface area (Å²) >= 11 is 9.66. The van der Waals surface area contributed by atoms with Crippen molar-refractivity contribution in [1.29, 1.82) is 0 Å². The average Bonchev–Trinajstić information content (AvgIpc) is 3.11. The Hall–Kier alpha value is -2.36. The molecule has 32 heavy (non-hydrogen) atoms. The minimum atomic E-state index is -3.94. The van der Waals surface area contributed by atoms with E-state index in [2.05, 4.69) is 21.0 Å². The van der Waals surface area contributed by atoms with E-state index in [-0.39, 0.29) is 16.5 Å². The lowest BCUT2D eigenvalue weighted by atomic mass is 10.2. The zero-order valence-electron chi connectivity index (χ0n) is 18.0. The highest BCUT2D eigenvalue weighted by Crippen LogP contribution is 2.29. The highest BCUT2D eigenvalue weighted by molar-refractivity contribution is 9.10. The van der Waals surface area contributed by atoms with Crippen molar-refractivity contribution in [3.05, 3.63) is 69.8 Å². The average molecular weight is 541 g/mol. The smallest absolute Gasteiger partial charge is 0.410 e. The number of para-hydroxylation sites is 1. The molecule has 170 valence electrons. The minimum Gasteiger partial charge on any atom is -0.444 e. The van der Waals surface area contributed by atoms with Gasteiger partial charge in [0.2, 0.25) is 9.84 Å². The third kappa shape index (κ3) is 5.51. The second-order valence-electron chi connectivity index (χ2n) is 8.13. The van der Waals surface area contributed by atoms with Gasteiger partial charge in [-0.25, -0.2) is 17.9 Å². The summed E-state index contributed by atoms with van der Waals surface area (Å²) in [5.41, 5.74) is 0.123. The molecule has 1 heterocycles. The van der Waals surface area contributed by atoms with Crippen LogP contribution in [0.5, 0.6) is 0 Å². The molecule has 0 aliphatic heterocycles. The first-order chi connectivity index (χ1) is 14.9. The molecule has 0 radical (unpaired) electrons. The van der Waals surface area contributed by atoms with Crippen LogP contribution in [0.1, 0.15) is 26.5 Å². The van der Waals surface area contributed by atoms with E-state index in [0.29, 0.717) is 20.9 Å². The molecule has 1 amide bonds. The summed E-state index contributed by atoms with van der Waals surface area (Å²) in [6, 6.07) is 14.7. The largest absolute Gasteiger partial charge is 0.444 e. The van der Waals surface area contributed by atoms with E-state index in [0.717, 1.165) is 0 Å². The Morgan fingerprint density at radius 3 is 2.47 bits per heavy atom. The number of hydrogen-bond acceptors (Lipinski definition) is 5. The lowest BCUT2D eigenvalue weighted by Crippen LogP contribution is -2.33. The number of rotatable bonds is 5. The molecule has 0 aliphatic carbocycles. The van der Waals surface area contributed by atoms with Crippen LogP contribution >= 0.6 is 27.5 Å². The quantitative estimate of drug-likeness (QED) is 0.428. The maximum atomic E-state index is 13.5. The van der Waals surface area contributed by atoms with Crippen molar-refractivity contribution in [3.63, 3.8) is 0 Å². The molecule has 2 aromatic carbocycles. The zero-order chi connectivity index (χ0) is 23.7. The first-order valence-corrected chi connectivity index (χ1v) is 12.3. The standard InChI is InChI=1S/C22H23BrClN3O4S/c1-22(2,3)31-21(28)26(4)14-16-13-20(27(25-16)19-11-6-5-10-18(19)24)32(29,30)17-9-7-8-15(23)12-17/h5-13H,14H2,1-4H3. The van der Waals surface area contributed by atoms with E-state index in [9.17, 15) is 13.2 Å². The van der Waals surface area contributed by atoms with Crippen molar-refractivity contribution in [3.8, 4) is 5.69 Å². The van der Waals surface area contributed by atoms with Gasteiger partial charge in [-0.3, -0.25) is 0 Å². The van der Waals surface area contributed by atoms with Crippen LogP contribution in [0, 0.1) is 0 Å². The van der Waals surface area contributed by atoms with Crippen LogP contribution in [0.4, 0.5) is 4.79 Å². The molecule has 0 saturated carbocycles. The van der Waals surface area contributed by atoms with Crippen LogP contribution in [-0.2, 0) is 21.1 Å². The van der Waals surface area contributed by atoms with Gasteiger partial charge in [-0.05, 0) is 51.1 Å². The van der Waals surface area contributed by atoms with Gasteiger partial charge < -0.3 is 9.64 Å². The summed E-state index contributed by atoms with van der Waals surface area (Å²) in [5, 5.41) is 4.75. The van der Waals surface area contributed by atoms with Gasteiger partial charge in [0.05, 0.1) is 27.8 Å². The third-order valence-corrected chi connectivity index (χ3v) is 6.82. The summed E-state index contributed by atoms with van der Waals surface area (Å²) in [7, 11) is -2.38. The molecule has 0 spiro atoms. The van der Waals surface area contributed by atoms with Gasteiger partial charge in [0.1, 0.15) is 5.60 Å². The topological polar surface area (TPSA) is 81.5 Å². The van der Waals surface area contributed by atoms with Gasteiger partial charge >= 0.3 is 6.09 Å². The molecular formula is C22H23BrClN3O4S. The lowest BCUT2D eigenvalue weighted by molar-refractivity contribution is 0.0283. The van der Waals surface area contributed by atoms with Gasteiger partial charge in [-0.2, -0.15) is 5.10 Å². The molecule has 3 rings (SSSR count). The molecule has 0 saturated heterocycles. The molecule has 1 aromatic heterocycles. The maximum absolute atomic E-state index is 13.5. The van der Waals surface area contributed by atoms with E-state index in [1.165, 1.54) is 27.8 Å². The summed E-state index contributed by atoms with van der Waals surface area (Å²) < 4.78 is 34.3. The summed E-state index contributed by atoms with van der Waals surface area (Å²) in [5.74, 6) is 0. The van der Waals surface area contributed by atoms with E-state index in [4.69, 9.17) is 16.3 Å². The van der Waals surface area contributed by atoms with Gasteiger partial charge in [0.15, 0.2) is 5.03 Å². The predicted molar refractivity (Wildman–Crippen MR) is 126 cm³/mol. The highest BCUT2D eigenvalue weighted by Gasteiger charge is 2.27. The third-order valence-electron chi connectivity index (χ3n) is 4.29. The highest BCUT2D eigenvalue weighted by atomic mass is 79.9. The van der Waals surface area contributed by atoms with Gasteiger partial charge in [0.25, 0.3) is 0 Å². The summed E-state index contributed by atoms with van der Waals surface area (Å²) in [4.78, 5) is 13.8. The normalized spacial score (nSPS) is 11.9. The van der Waals surface area contributed by atoms with Crippen molar-refractivity contribution < 1.29 is 17.9 Å². The van der Waals surface area contributed by atoms with Crippen molar-refractivity contribution >= 4 is 43.5 Å². The predicted octanol–water partition coefficient (Wildman–Crippen LogP) is 5.49. The number of benzene rings is 2. The van der Waals surface area contributed by atoms with Gasteiger partial charge in [-0.15, -0.1) is 0 Å². The van der Waals surface area contributed by atoms with Crippen molar-refractivity contribution in [2.75, 3.05) is 7.05 Å². The van der Waals surface area contributed by atoms with Crippen molar-refractivity contribution in [1.82, 2.24) is 14.7 Å². The Morgan fingerprint density at radius 1 is 1.16 bits per heavy atom. The van der Waals surface area contributed by atoms with Crippen LogP contribution in [0.2, 0.25) is 5.02 Å². The number of nitrogens with zero attached hydrogens (tertiary/aromatic N) is 3. The summed E-state index contributed by atoms with van der Waals surface area (Å²) in [6.45, 7) is 5.36. The molecule has 0 atom stereocenters. The zero-order valence-corrected chi connectivity index (χ0v) is 21.2. The fraction of sp³-hybridized carbons (Fsp3) is 0.273. The molecule has 10 heteroatoms. The fourth-order valence-corrected chi connectivity index (χ4v) is 5.08. The van der Waals surface area contributed by atoms with Gasteiger partial charge in [0, 0.05) is 17.6 Å². The molecule has 0 N–H and O–H groups in total. The molecule has 0 aliphatic rings. The van der Waals surface area contributed by atoms with Crippen LogP contribution in [0.3, 0.4) is 0 Å². The number of sulfone groups is 1. The molecular weight excluding hydrogens is 518 g/mol. The fourth-order valence-electron chi connectivity index (χ4n) is 2.88. The number of carbonyl (C=O) groups is 1. The monoisotopic (exact) mass is 539 g/mol. The number of carbonyl (C=O) groups excluding carboxylic acids is 1. The molecule has 0 bridgehead atoms. The minimum absolute atomic E-state index is 0.0490. The number of aromatic nitrogens is 2. The molecule has 0 unspecified atom stereocenters. The molecule has 0 fully saturated rings. The Kier molecular flexibility index (Phi) is 7.02. The second-order valence-corrected chi connectivity index (χ2v) is 11.4. The van der Waals surface area contributed by atoms with Crippen LogP contribution < -0.4 is 0 Å². The van der Waals surface area contributed by atoms with Crippen molar-refractivity contribution in [2.24, 2.45) is 0 Å². The van der Waals surface area contributed by atoms with Crippen molar-refractivity contribution in [2.45, 2.75) is 42.8 Å². The first kappa shape index (κ1) is 24.3. The van der Waals surface area contributed by atoms with E-state index in [1.807, 2.05) is 0 Å². The lowest BCUT2D eigenvalue weighted by Gasteiger charge is -2.24. The Bertz CT molecular complexity index is 1250. The molecule has 7 nitrogen and oxygen atoms in total. The van der Waals surface area contributed by atoms with E-state index >= 15 is 0 Å². The maximum Gasteiger partial charge on any atom is 0.410 e. The number of amides is 1. The summed E-state index contributed by atoms with van der Waals surface area (Å²) in [6.07, 6.45) is -0.541. The Balaban J connectivity index is 2.07. The Morgan fingerprint density at radius 2 is 1.84 bits per heavy atom. The SMILES string of the molecule is CN(Cc1cc(S(=O)(=O)c2cccc(Br)c2)n(-c2ccccc2Cl)n1)C(=O)OC(C)(C)C. The second kappa shape index (κ2) is 9.25. The number of ether oxygens (including phenoxy) is 1. The number of halogens is 2. The van der Waals surface area contributed by atoms with E-state index in [1.54, 1.807) is 64.2 Å².